The monoisotopic (exact) mass is 318 g/mol. The first kappa shape index (κ1) is 16.4. The van der Waals surface area contributed by atoms with Crippen LogP contribution in [0, 0.1) is 11.6 Å². The third-order valence-corrected chi connectivity index (χ3v) is 2.71. The van der Waals surface area contributed by atoms with E-state index < -0.39 is 23.6 Å². The van der Waals surface area contributed by atoms with Gasteiger partial charge in [0.15, 0.2) is 11.6 Å². The Morgan fingerprint density at radius 3 is 2.17 bits per heavy atom. The molecule has 0 atom stereocenters. The lowest BCUT2D eigenvalue weighted by Gasteiger charge is -2.06. The lowest BCUT2D eigenvalue weighted by Crippen LogP contribution is -2.09. The molecular weight excluding hydrogens is 306 g/mol. The summed E-state index contributed by atoms with van der Waals surface area (Å²) in [5.41, 5.74) is 0.167. The Morgan fingerprint density at radius 1 is 0.913 bits per heavy atom. The van der Waals surface area contributed by atoms with E-state index in [0.29, 0.717) is 0 Å². The number of ether oxygens (including phenoxy) is 2. The fourth-order valence-corrected chi connectivity index (χ4v) is 1.65. The highest BCUT2D eigenvalue weighted by atomic mass is 19.2. The summed E-state index contributed by atoms with van der Waals surface area (Å²) < 4.78 is 35.7. The van der Waals surface area contributed by atoms with Crippen molar-refractivity contribution in [3.63, 3.8) is 0 Å². The van der Waals surface area contributed by atoms with Crippen LogP contribution in [0.25, 0.3) is 0 Å². The van der Waals surface area contributed by atoms with Crippen molar-refractivity contribution in [1.82, 2.24) is 0 Å². The van der Waals surface area contributed by atoms with Crippen LogP contribution in [0.4, 0.5) is 8.78 Å². The van der Waals surface area contributed by atoms with Gasteiger partial charge in [0.25, 0.3) is 0 Å². The van der Waals surface area contributed by atoms with Crippen LogP contribution in [0.3, 0.4) is 0 Å². The molecule has 118 valence electrons. The molecule has 0 amide bonds. The lowest BCUT2D eigenvalue weighted by molar-refractivity contribution is -0.129. The summed E-state index contributed by atoms with van der Waals surface area (Å²) in [6, 6.07) is 8.40. The van der Waals surface area contributed by atoms with Crippen molar-refractivity contribution in [3.8, 4) is 11.5 Å². The molecule has 0 bridgehead atoms. The first-order chi connectivity index (χ1) is 11.0. The van der Waals surface area contributed by atoms with Gasteiger partial charge in [0.05, 0.1) is 5.56 Å². The van der Waals surface area contributed by atoms with Gasteiger partial charge in [-0.25, -0.2) is 18.4 Å². The van der Waals surface area contributed by atoms with Crippen molar-refractivity contribution >= 4 is 11.9 Å². The van der Waals surface area contributed by atoms with Crippen LogP contribution in [0.1, 0.15) is 17.3 Å². The number of rotatable bonds is 4. The van der Waals surface area contributed by atoms with Gasteiger partial charge in [-0.05, 0) is 43.3 Å². The molecular formula is C17H12F2O4. The van der Waals surface area contributed by atoms with E-state index in [2.05, 4.69) is 0 Å². The number of esters is 2. The third-order valence-electron chi connectivity index (χ3n) is 2.71. The van der Waals surface area contributed by atoms with Gasteiger partial charge < -0.3 is 9.47 Å². The van der Waals surface area contributed by atoms with Gasteiger partial charge in [-0.1, -0.05) is 6.08 Å². The SMILES string of the molecule is C/C=C/C(=O)Oc1ccc(C(=O)Oc2ccc(F)c(F)c2)cc1. The molecule has 0 unspecified atom stereocenters. The highest BCUT2D eigenvalue weighted by Gasteiger charge is 2.11. The molecule has 0 saturated heterocycles. The molecule has 23 heavy (non-hydrogen) atoms. The number of carbonyl (C=O) groups is 2. The molecule has 0 aliphatic rings. The van der Waals surface area contributed by atoms with Crippen LogP contribution >= 0.6 is 0 Å². The average molecular weight is 318 g/mol. The maximum Gasteiger partial charge on any atom is 0.343 e. The van der Waals surface area contributed by atoms with Gasteiger partial charge in [-0.15, -0.1) is 0 Å². The highest BCUT2D eigenvalue weighted by Crippen LogP contribution is 2.18. The molecule has 0 radical (unpaired) electrons. The molecule has 0 saturated carbocycles. The van der Waals surface area contributed by atoms with Crippen LogP contribution in [-0.4, -0.2) is 11.9 Å². The Bertz CT molecular complexity index is 752. The Labute approximate surface area is 131 Å². The van der Waals surface area contributed by atoms with Gasteiger partial charge in [0.2, 0.25) is 0 Å². The van der Waals surface area contributed by atoms with Gasteiger partial charge in [0, 0.05) is 12.1 Å². The molecule has 0 heterocycles. The molecule has 4 nitrogen and oxygen atoms in total. The fraction of sp³-hybridized carbons (Fsp3) is 0.0588. The number of benzene rings is 2. The Kier molecular flexibility index (Phi) is 5.19. The van der Waals surface area contributed by atoms with Crippen LogP contribution < -0.4 is 9.47 Å². The van der Waals surface area contributed by atoms with Crippen molar-refractivity contribution in [2.24, 2.45) is 0 Å². The van der Waals surface area contributed by atoms with Gasteiger partial charge in [0.1, 0.15) is 11.5 Å². The van der Waals surface area contributed by atoms with Crippen LogP contribution in [0.15, 0.2) is 54.6 Å². The lowest BCUT2D eigenvalue weighted by atomic mass is 10.2. The smallest absolute Gasteiger partial charge is 0.343 e. The second-order valence-electron chi connectivity index (χ2n) is 4.41. The van der Waals surface area contributed by atoms with Crippen molar-refractivity contribution in [1.29, 1.82) is 0 Å². The first-order valence-corrected chi connectivity index (χ1v) is 6.61. The molecule has 6 heteroatoms. The average Bonchev–Trinajstić information content (AvgIpc) is 2.52. The second kappa shape index (κ2) is 7.31. The third kappa shape index (κ3) is 4.47. The minimum Gasteiger partial charge on any atom is -0.423 e. The van der Waals surface area contributed by atoms with E-state index in [1.807, 2.05) is 0 Å². The van der Waals surface area contributed by atoms with E-state index in [4.69, 9.17) is 9.47 Å². The van der Waals surface area contributed by atoms with Crippen molar-refractivity contribution in [2.75, 3.05) is 0 Å². The maximum absolute atomic E-state index is 13.0. The first-order valence-electron chi connectivity index (χ1n) is 6.61. The topological polar surface area (TPSA) is 52.6 Å². The molecule has 0 aromatic heterocycles. The molecule has 2 aromatic rings. The normalized spacial score (nSPS) is 10.6. The van der Waals surface area contributed by atoms with Gasteiger partial charge in [-0.2, -0.15) is 0 Å². The van der Waals surface area contributed by atoms with E-state index >= 15 is 0 Å². The van der Waals surface area contributed by atoms with Crippen molar-refractivity contribution in [2.45, 2.75) is 6.92 Å². The minimum absolute atomic E-state index is 0.113. The number of hydrogen-bond donors (Lipinski definition) is 0. The molecule has 0 fully saturated rings. The zero-order valence-corrected chi connectivity index (χ0v) is 12.1. The van der Waals surface area contributed by atoms with E-state index in [1.54, 1.807) is 6.92 Å². The van der Waals surface area contributed by atoms with Crippen LogP contribution in [0.5, 0.6) is 11.5 Å². The summed E-state index contributed by atoms with van der Waals surface area (Å²) in [4.78, 5) is 23.2. The van der Waals surface area contributed by atoms with Crippen molar-refractivity contribution < 1.29 is 27.8 Å². The Morgan fingerprint density at radius 2 is 1.57 bits per heavy atom. The molecule has 0 aliphatic carbocycles. The summed E-state index contributed by atoms with van der Waals surface area (Å²) in [5.74, 6) is -3.28. The predicted molar refractivity (Wildman–Crippen MR) is 78.2 cm³/mol. The zero-order valence-electron chi connectivity index (χ0n) is 12.1. The summed E-state index contributed by atoms with van der Waals surface area (Å²) in [5, 5.41) is 0. The van der Waals surface area contributed by atoms with Crippen molar-refractivity contribution in [3.05, 3.63) is 71.8 Å². The van der Waals surface area contributed by atoms with E-state index in [0.717, 1.165) is 18.2 Å². The second-order valence-corrected chi connectivity index (χ2v) is 4.41. The highest BCUT2D eigenvalue weighted by molar-refractivity contribution is 5.91. The Balaban J connectivity index is 2.05. The maximum atomic E-state index is 13.0. The van der Waals surface area contributed by atoms with Crippen LogP contribution in [0.2, 0.25) is 0 Å². The molecule has 2 rings (SSSR count). The summed E-state index contributed by atoms with van der Waals surface area (Å²) in [6.07, 6.45) is 2.79. The fourth-order valence-electron chi connectivity index (χ4n) is 1.65. The quantitative estimate of drug-likeness (QED) is 0.490. The zero-order chi connectivity index (χ0) is 16.8. The molecule has 0 aliphatic heterocycles. The summed E-state index contributed by atoms with van der Waals surface area (Å²) in [7, 11) is 0. The molecule has 2 aromatic carbocycles. The van der Waals surface area contributed by atoms with Gasteiger partial charge in [-0.3, -0.25) is 0 Å². The molecule has 0 N–H and O–H groups in total. The standard InChI is InChI=1S/C17H12F2O4/c1-2-3-16(20)22-12-6-4-11(5-7-12)17(21)23-13-8-9-14(18)15(19)10-13/h2-10H,1H3/b3-2+. The number of halogens is 2. The number of hydrogen-bond acceptors (Lipinski definition) is 4. The number of allylic oxidation sites excluding steroid dienone is 1. The summed E-state index contributed by atoms with van der Waals surface area (Å²) >= 11 is 0. The summed E-state index contributed by atoms with van der Waals surface area (Å²) in [6.45, 7) is 1.68. The predicted octanol–water partition coefficient (Wildman–Crippen LogP) is 3.67. The largest absolute Gasteiger partial charge is 0.423 e. The number of carbonyl (C=O) groups excluding carboxylic acids is 2. The minimum atomic E-state index is -1.11. The van der Waals surface area contributed by atoms with E-state index in [9.17, 15) is 18.4 Å². The molecule has 0 spiro atoms. The van der Waals surface area contributed by atoms with E-state index in [1.165, 1.54) is 36.4 Å². The Hall–Kier alpha value is -3.02. The van der Waals surface area contributed by atoms with Crippen LogP contribution in [-0.2, 0) is 4.79 Å². The van der Waals surface area contributed by atoms with Gasteiger partial charge >= 0.3 is 11.9 Å². The van der Waals surface area contributed by atoms with E-state index in [-0.39, 0.29) is 17.1 Å².